The number of carbonyl (C=O) groups excluding carboxylic acids is 2. The van der Waals surface area contributed by atoms with Gasteiger partial charge >= 0.3 is 12.3 Å². The monoisotopic (exact) mass is 519 g/mol. The first kappa shape index (κ1) is 24.7. The number of carbonyl (C=O) groups is 2. The molecule has 2 saturated carbocycles. The number of hydrogen-bond donors (Lipinski definition) is 2. The molecule has 194 valence electrons. The lowest BCUT2D eigenvalue weighted by atomic mass is 9.94. The fraction of sp³-hybridized carbons (Fsp3) is 0.375. The molecule has 2 fully saturated rings. The average molecular weight is 519 g/mol. The zero-order valence-electron chi connectivity index (χ0n) is 19.3. The van der Waals surface area contributed by atoms with Gasteiger partial charge in [0.05, 0.1) is 11.0 Å². The van der Waals surface area contributed by atoms with Gasteiger partial charge in [-0.15, -0.1) is 18.3 Å². The van der Waals surface area contributed by atoms with Gasteiger partial charge in [-0.2, -0.15) is 0 Å². The van der Waals surface area contributed by atoms with E-state index in [-0.39, 0.29) is 28.7 Å². The van der Waals surface area contributed by atoms with Gasteiger partial charge in [-0.1, -0.05) is 6.07 Å². The lowest BCUT2D eigenvalue weighted by Gasteiger charge is -2.18. The molecule has 0 radical (unpaired) electrons. The van der Waals surface area contributed by atoms with Crippen molar-refractivity contribution in [1.29, 1.82) is 0 Å². The second-order valence-electron chi connectivity index (χ2n) is 9.05. The first-order valence-corrected chi connectivity index (χ1v) is 11.6. The normalized spacial score (nSPS) is 16.9. The average Bonchev–Trinajstić information content (AvgIpc) is 3.20. The Morgan fingerprint density at radius 1 is 1.08 bits per heavy atom. The molecule has 1 amide bonds. The Labute approximate surface area is 207 Å². The Balaban J connectivity index is 1.37. The first-order valence-electron chi connectivity index (χ1n) is 11.6. The minimum atomic E-state index is -4.96. The number of benzene rings is 2. The topological polar surface area (TPSA) is 119 Å². The number of alkyl halides is 3. The smallest absolute Gasteiger partial charge is 0.459 e. The summed E-state index contributed by atoms with van der Waals surface area (Å²) in [6, 6.07) is 7.18. The SMILES string of the molecule is O=C(OC1CCCC1)c1ccc(NC(=O)C2(c3ccc(OC(F)(F)F)cc3F)CC2)cc1-c1nnn[nH]1. The number of aromatic amines is 1. The molecule has 1 aromatic heterocycles. The molecule has 2 aliphatic rings. The Kier molecular flexibility index (Phi) is 6.30. The zero-order valence-corrected chi connectivity index (χ0v) is 19.3. The van der Waals surface area contributed by atoms with Crippen LogP contribution in [0, 0.1) is 5.82 Å². The molecular formula is C24H21F4N5O4. The quantitative estimate of drug-likeness (QED) is 0.344. The molecule has 37 heavy (non-hydrogen) atoms. The van der Waals surface area contributed by atoms with Gasteiger partial charge in [0.1, 0.15) is 17.7 Å². The number of rotatable bonds is 7. The maximum absolute atomic E-state index is 14.7. The van der Waals surface area contributed by atoms with Crippen molar-refractivity contribution in [3.8, 4) is 17.1 Å². The number of anilines is 1. The minimum absolute atomic E-state index is 0.0315. The summed E-state index contributed by atoms with van der Waals surface area (Å²) in [5.41, 5.74) is -0.477. The zero-order chi connectivity index (χ0) is 26.2. The van der Waals surface area contributed by atoms with Crippen molar-refractivity contribution in [2.24, 2.45) is 0 Å². The van der Waals surface area contributed by atoms with E-state index < -0.39 is 35.2 Å². The third kappa shape index (κ3) is 5.25. The van der Waals surface area contributed by atoms with Gasteiger partial charge in [-0.25, -0.2) is 14.3 Å². The third-order valence-corrected chi connectivity index (χ3v) is 6.55. The Morgan fingerprint density at radius 2 is 1.84 bits per heavy atom. The lowest BCUT2D eigenvalue weighted by Crippen LogP contribution is -2.29. The van der Waals surface area contributed by atoms with Gasteiger partial charge in [-0.3, -0.25) is 4.79 Å². The van der Waals surface area contributed by atoms with Gasteiger partial charge in [0.2, 0.25) is 5.91 Å². The molecule has 2 aliphatic carbocycles. The summed E-state index contributed by atoms with van der Waals surface area (Å²) in [6.07, 6.45) is -0.952. The molecule has 1 heterocycles. The molecular weight excluding hydrogens is 498 g/mol. The second-order valence-corrected chi connectivity index (χ2v) is 9.05. The molecule has 2 N–H and O–H groups in total. The number of halogens is 4. The van der Waals surface area contributed by atoms with Gasteiger partial charge in [0, 0.05) is 22.9 Å². The van der Waals surface area contributed by atoms with E-state index in [1.165, 1.54) is 18.2 Å². The van der Waals surface area contributed by atoms with Crippen LogP contribution in [0.4, 0.5) is 23.2 Å². The molecule has 5 rings (SSSR count). The number of nitrogens with one attached hydrogen (secondary N) is 2. The molecule has 3 aromatic rings. The van der Waals surface area contributed by atoms with Gasteiger partial charge in [0.25, 0.3) is 0 Å². The molecule has 9 nitrogen and oxygen atoms in total. The van der Waals surface area contributed by atoms with Crippen LogP contribution in [0.3, 0.4) is 0 Å². The summed E-state index contributed by atoms with van der Waals surface area (Å²) in [6.45, 7) is 0. The standard InChI is InChI=1S/C24H21F4N5O4/c25-19-12-15(37-24(26,27)28)6-8-18(19)23(9-10-23)22(35)29-13-5-7-16(17(11-13)20-30-32-33-31-20)21(34)36-14-3-1-2-4-14/h5-8,11-12,14H,1-4,9-10H2,(H,29,35)(H,30,31,32,33). The van der Waals surface area contributed by atoms with E-state index >= 15 is 0 Å². The van der Waals surface area contributed by atoms with Crippen LogP contribution in [-0.4, -0.2) is 45.0 Å². The summed E-state index contributed by atoms with van der Waals surface area (Å²) >= 11 is 0. The summed E-state index contributed by atoms with van der Waals surface area (Å²) in [5.74, 6) is -2.60. The van der Waals surface area contributed by atoms with Crippen LogP contribution in [0.15, 0.2) is 36.4 Å². The van der Waals surface area contributed by atoms with Crippen molar-refractivity contribution in [3.05, 3.63) is 53.3 Å². The van der Waals surface area contributed by atoms with E-state index in [2.05, 4.69) is 30.7 Å². The maximum atomic E-state index is 14.7. The molecule has 0 bridgehead atoms. The fourth-order valence-electron chi connectivity index (χ4n) is 4.57. The highest BCUT2D eigenvalue weighted by atomic mass is 19.4. The van der Waals surface area contributed by atoms with Gasteiger partial charge in [0.15, 0.2) is 5.82 Å². The van der Waals surface area contributed by atoms with Crippen LogP contribution < -0.4 is 10.1 Å². The predicted octanol–water partition coefficient (Wildman–Crippen LogP) is 4.67. The van der Waals surface area contributed by atoms with Gasteiger partial charge in [-0.05, 0) is 73.2 Å². The Hall–Kier alpha value is -4.03. The van der Waals surface area contributed by atoms with Crippen molar-refractivity contribution in [2.45, 2.75) is 56.4 Å². The number of tetrazole rings is 1. The van der Waals surface area contributed by atoms with Crippen molar-refractivity contribution < 1.29 is 36.6 Å². The minimum Gasteiger partial charge on any atom is -0.459 e. The molecule has 13 heteroatoms. The van der Waals surface area contributed by atoms with Crippen LogP contribution in [0.5, 0.6) is 5.75 Å². The van der Waals surface area contributed by atoms with Crippen LogP contribution in [-0.2, 0) is 14.9 Å². The van der Waals surface area contributed by atoms with E-state index in [1.807, 2.05) is 0 Å². The molecule has 0 aliphatic heterocycles. The molecule has 0 spiro atoms. The Bertz CT molecular complexity index is 1320. The highest BCUT2D eigenvalue weighted by Crippen LogP contribution is 2.50. The number of nitrogens with zero attached hydrogens (tertiary/aromatic N) is 3. The van der Waals surface area contributed by atoms with Crippen molar-refractivity contribution in [2.75, 3.05) is 5.32 Å². The molecule has 0 atom stereocenters. The van der Waals surface area contributed by atoms with Gasteiger partial charge < -0.3 is 14.8 Å². The van der Waals surface area contributed by atoms with E-state index in [4.69, 9.17) is 4.74 Å². The van der Waals surface area contributed by atoms with Crippen molar-refractivity contribution in [1.82, 2.24) is 20.6 Å². The lowest BCUT2D eigenvalue weighted by molar-refractivity contribution is -0.274. The number of aromatic nitrogens is 4. The third-order valence-electron chi connectivity index (χ3n) is 6.55. The van der Waals surface area contributed by atoms with Crippen LogP contribution >= 0.6 is 0 Å². The first-order chi connectivity index (χ1) is 17.6. The number of amides is 1. The molecule has 0 unspecified atom stereocenters. The number of ether oxygens (including phenoxy) is 2. The summed E-state index contributed by atoms with van der Waals surface area (Å²) in [5, 5.41) is 16.2. The highest BCUT2D eigenvalue weighted by Gasteiger charge is 2.53. The van der Waals surface area contributed by atoms with E-state index in [9.17, 15) is 27.2 Å². The second kappa shape index (κ2) is 9.45. The predicted molar refractivity (Wildman–Crippen MR) is 120 cm³/mol. The summed E-state index contributed by atoms with van der Waals surface area (Å²) in [4.78, 5) is 26.0. The molecule has 0 saturated heterocycles. The number of hydrogen-bond acceptors (Lipinski definition) is 7. The van der Waals surface area contributed by atoms with E-state index in [0.717, 1.165) is 37.8 Å². The van der Waals surface area contributed by atoms with E-state index in [1.54, 1.807) is 0 Å². The maximum Gasteiger partial charge on any atom is 0.573 e. The van der Waals surface area contributed by atoms with Crippen molar-refractivity contribution >= 4 is 17.6 Å². The molecule has 2 aromatic carbocycles. The largest absolute Gasteiger partial charge is 0.573 e. The van der Waals surface area contributed by atoms with Crippen LogP contribution in [0.25, 0.3) is 11.4 Å². The highest BCUT2D eigenvalue weighted by molar-refractivity contribution is 6.03. The van der Waals surface area contributed by atoms with Crippen LogP contribution in [0.1, 0.15) is 54.4 Å². The number of H-pyrrole nitrogens is 1. The van der Waals surface area contributed by atoms with Crippen molar-refractivity contribution in [3.63, 3.8) is 0 Å². The number of esters is 1. The Morgan fingerprint density at radius 3 is 2.46 bits per heavy atom. The van der Waals surface area contributed by atoms with Crippen LogP contribution in [0.2, 0.25) is 0 Å². The summed E-state index contributed by atoms with van der Waals surface area (Å²) < 4.78 is 61.4. The van der Waals surface area contributed by atoms with E-state index in [0.29, 0.717) is 24.5 Å². The fourth-order valence-corrected chi connectivity index (χ4v) is 4.57. The summed E-state index contributed by atoms with van der Waals surface area (Å²) in [7, 11) is 0.